The van der Waals surface area contributed by atoms with Gasteiger partial charge in [-0.2, -0.15) is 0 Å². The number of methoxy groups -OCH3 is 1. The third-order valence-electron chi connectivity index (χ3n) is 5.66. The van der Waals surface area contributed by atoms with Crippen LogP contribution in [0.3, 0.4) is 0 Å². The van der Waals surface area contributed by atoms with E-state index < -0.39 is 23.7 Å². The van der Waals surface area contributed by atoms with E-state index in [1.807, 2.05) is 37.3 Å². The van der Waals surface area contributed by atoms with Gasteiger partial charge in [0.25, 0.3) is 0 Å². The molecule has 0 aliphatic rings. The highest BCUT2D eigenvalue weighted by molar-refractivity contribution is 5.91. The number of carboxylic acids is 1. The Bertz CT molecular complexity index is 1450. The van der Waals surface area contributed by atoms with Crippen LogP contribution in [0.5, 0.6) is 11.5 Å². The van der Waals surface area contributed by atoms with Crippen LogP contribution in [0.2, 0.25) is 0 Å². The molecule has 0 amide bonds. The molecule has 37 heavy (non-hydrogen) atoms. The van der Waals surface area contributed by atoms with Gasteiger partial charge in [-0.05, 0) is 60.5 Å². The molecule has 1 N–H and O–H groups in total. The maximum absolute atomic E-state index is 13.6. The van der Waals surface area contributed by atoms with E-state index in [9.17, 15) is 18.7 Å². The molecule has 0 saturated carbocycles. The fourth-order valence-corrected chi connectivity index (χ4v) is 3.81. The molecular weight excluding hydrogens is 480 g/mol. The molecule has 1 atom stereocenters. The second-order valence-corrected chi connectivity index (χ2v) is 8.12. The van der Waals surface area contributed by atoms with Crippen LogP contribution in [0, 0.1) is 11.6 Å². The highest BCUT2D eigenvalue weighted by Gasteiger charge is 2.17. The first-order valence-corrected chi connectivity index (χ1v) is 11.6. The van der Waals surface area contributed by atoms with Gasteiger partial charge in [0.15, 0.2) is 11.6 Å². The van der Waals surface area contributed by atoms with Crippen LogP contribution in [0.25, 0.3) is 23.1 Å². The Morgan fingerprint density at radius 2 is 1.84 bits per heavy atom. The van der Waals surface area contributed by atoms with E-state index in [2.05, 4.69) is 4.98 Å². The van der Waals surface area contributed by atoms with E-state index in [0.717, 1.165) is 23.3 Å². The molecule has 4 rings (SSSR count). The highest BCUT2D eigenvalue weighted by Crippen LogP contribution is 2.27. The van der Waals surface area contributed by atoms with Gasteiger partial charge in [-0.1, -0.05) is 30.3 Å². The third-order valence-corrected chi connectivity index (χ3v) is 5.66. The lowest BCUT2D eigenvalue weighted by Gasteiger charge is -2.19. The van der Waals surface area contributed by atoms with Gasteiger partial charge in [-0.15, -0.1) is 0 Å². The van der Waals surface area contributed by atoms with Gasteiger partial charge in [-0.3, -0.25) is 0 Å². The van der Waals surface area contributed by atoms with Crippen molar-refractivity contribution in [2.75, 3.05) is 20.3 Å². The van der Waals surface area contributed by atoms with Crippen LogP contribution in [-0.2, 0) is 4.74 Å². The monoisotopic (exact) mass is 505 g/mol. The van der Waals surface area contributed by atoms with Gasteiger partial charge < -0.3 is 19.3 Å². The van der Waals surface area contributed by atoms with Crippen molar-refractivity contribution in [3.8, 4) is 11.5 Å². The predicted octanol–water partition coefficient (Wildman–Crippen LogP) is 6.55. The zero-order valence-corrected chi connectivity index (χ0v) is 20.3. The average molecular weight is 506 g/mol. The SMILES string of the molecule is CCO[C@H](COc1ccc(OC)cc1C(=O)O)c1cccc(/C=C/c2ccc3cc(F)c(F)cc3n2)c1. The predicted molar refractivity (Wildman–Crippen MR) is 137 cm³/mol. The Balaban J connectivity index is 1.52. The quantitative estimate of drug-likeness (QED) is 0.263. The number of aromatic carboxylic acids is 1. The van der Waals surface area contributed by atoms with Gasteiger partial charge >= 0.3 is 5.97 Å². The van der Waals surface area contributed by atoms with Crippen molar-refractivity contribution in [3.05, 3.63) is 101 Å². The number of carbonyl (C=O) groups is 1. The number of ether oxygens (including phenoxy) is 3. The summed E-state index contributed by atoms with van der Waals surface area (Å²) in [5, 5.41) is 10.0. The van der Waals surface area contributed by atoms with E-state index in [1.165, 1.54) is 13.2 Å². The lowest BCUT2D eigenvalue weighted by molar-refractivity contribution is 0.0260. The van der Waals surface area contributed by atoms with E-state index in [1.54, 1.807) is 30.3 Å². The topological polar surface area (TPSA) is 77.9 Å². The third kappa shape index (κ3) is 6.29. The van der Waals surface area contributed by atoms with Gasteiger partial charge in [0.05, 0.1) is 18.3 Å². The van der Waals surface area contributed by atoms with Crippen molar-refractivity contribution in [2.45, 2.75) is 13.0 Å². The number of aromatic nitrogens is 1. The number of hydrogen-bond donors (Lipinski definition) is 1. The average Bonchev–Trinajstić information content (AvgIpc) is 2.90. The lowest BCUT2D eigenvalue weighted by atomic mass is 10.1. The molecule has 0 saturated heterocycles. The molecule has 6 nitrogen and oxygen atoms in total. The minimum atomic E-state index is -1.12. The molecule has 0 aliphatic carbocycles. The summed E-state index contributed by atoms with van der Waals surface area (Å²) < 4.78 is 43.9. The van der Waals surface area contributed by atoms with Crippen LogP contribution in [-0.4, -0.2) is 36.4 Å². The summed E-state index contributed by atoms with van der Waals surface area (Å²) in [6.07, 6.45) is 3.19. The second kappa shape index (κ2) is 11.6. The number of fused-ring (bicyclic) bond motifs is 1. The fraction of sp³-hybridized carbons (Fsp3) is 0.172. The van der Waals surface area contributed by atoms with Crippen molar-refractivity contribution >= 4 is 29.0 Å². The van der Waals surface area contributed by atoms with Crippen molar-refractivity contribution in [3.63, 3.8) is 0 Å². The Morgan fingerprint density at radius 1 is 1.03 bits per heavy atom. The normalized spacial score (nSPS) is 12.1. The number of benzene rings is 3. The zero-order chi connectivity index (χ0) is 26.4. The first-order chi connectivity index (χ1) is 17.9. The van der Waals surface area contributed by atoms with Gasteiger partial charge in [0, 0.05) is 18.1 Å². The molecule has 0 unspecified atom stereocenters. The smallest absolute Gasteiger partial charge is 0.339 e. The molecule has 0 fully saturated rings. The van der Waals surface area contributed by atoms with Gasteiger partial charge in [-0.25, -0.2) is 18.6 Å². The second-order valence-electron chi connectivity index (χ2n) is 8.12. The van der Waals surface area contributed by atoms with E-state index in [4.69, 9.17) is 14.2 Å². The molecule has 0 radical (unpaired) electrons. The van der Waals surface area contributed by atoms with Crippen LogP contribution in [0.4, 0.5) is 8.78 Å². The van der Waals surface area contributed by atoms with Gasteiger partial charge in [0.2, 0.25) is 0 Å². The fourth-order valence-electron chi connectivity index (χ4n) is 3.81. The molecule has 1 heterocycles. The molecule has 8 heteroatoms. The number of carboxylic acid groups (broad SMARTS) is 1. The summed E-state index contributed by atoms with van der Waals surface area (Å²) in [6, 6.07) is 17.8. The zero-order valence-electron chi connectivity index (χ0n) is 20.3. The number of rotatable bonds is 10. The maximum Gasteiger partial charge on any atom is 0.339 e. The van der Waals surface area contributed by atoms with Crippen LogP contribution < -0.4 is 9.47 Å². The number of nitrogens with zero attached hydrogens (tertiary/aromatic N) is 1. The molecule has 4 aromatic rings. The van der Waals surface area contributed by atoms with Crippen LogP contribution in [0.15, 0.2) is 66.7 Å². The molecule has 190 valence electrons. The van der Waals surface area contributed by atoms with E-state index in [-0.39, 0.29) is 17.9 Å². The Labute approximate surface area is 212 Å². The standard InChI is InChI=1S/C29H25F2NO5/c1-3-36-28(17-37-27-12-11-22(35-2)15-23(27)29(33)34)20-6-4-5-18(13-20)7-9-21-10-8-19-14-24(30)25(31)16-26(19)32-21/h4-16,28H,3,17H2,1-2H3,(H,33,34)/b9-7+/t28-/m1/s1. The largest absolute Gasteiger partial charge is 0.497 e. The van der Waals surface area contributed by atoms with Crippen molar-refractivity contribution in [1.82, 2.24) is 4.98 Å². The first-order valence-electron chi connectivity index (χ1n) is 11.6. The summed E-state index contributed by atoms with van der Waals surface area (Å²) >= 11 is 0. The first kappa shape index (κ1) is 25.8. The highest BCUT2D eigenvalue weighted by atomic mass is 19.2. The number of halogens is 2. The van der Waals surface area contributed by atoms with Crippen LogP contribution >= 0.6 is 0 Å². The van der Waals surface area contributed by atoms with Crippen molar-refractivity contribution < 1.29 is 32.9 Å². The Hall–Kier alpha value is -4.30. The minimum Gasteiger partial charge on any atom is -0.497 e. The minimum absolute atomic E-state index is 0.00297. The van der Waals surface area contributed by atoms with Crippen molar-refractivity contribution in [1.29, 1.82) is 0 Å². The number of pyridine rings is 1. The van der Waals surface area contributed by atoms with Crippen LogP contribution in [0.1, 0.15) is 40.2 Å². The van der Waals surface area contributed by atoms with E-state index in [0.29, 0.717) is 29.0 Å². The molecular formula is C29H25F2NO5. The molecule has 0 spiro atoms. The lowest BCUT2D eigenvalue weighted by Crippen LogP contribution is -2.15. The summed E-state index contributed by atoms with van der Waals surface area (Å²) in [5.74, 6) is -2.34. The van der Waals surface area contributed by atoms with Crippen molar-refractivity contribution in [2.24, 2.45) is 0 Å². The number of hydrogen-bond acceptors (Lipinski definition) is 5. The Morgan fingerprint density at radius 3 is 2.59 bits per heavy atom. The molecule has 1 aromatic heterocycles. The van der Waals surface area contributed by atoms with Gasteiger partial charge in [0.1, 0.15) is 29.8 Å². The van der Waals surface area contributed by atoms with E-state index >= 15 is 0 Å². The molecule has 3 aromatic carbocycles. The summed E-state index contributed by atoms with van der Waals surface area (Å²) in [7, 11) is 1.46. The summed E-state index contributed by atoms with van der Waals surface area (Å²) in [6.45, 7) is 2.40. The Kier molecular flexibility index (Phi) is 8.10. The summed E-state index contributed by atoms with van der Waals surface area (Å²) in [4.78, 5) is 16.0. The molecule has 0 bridgehead atoms. The maximum atomic E-state index is 13.6. The summed E-state index contributed by atoms with van der Waals surface area (Å²) in [5.41, 5.74) is 2.66. The molecule has 0 aliphatic heterocycles.